The molecule has 108 valence electrons. The number of anilines is 1. The van der Waals surface area contributed by atoms with Gasteiger partial charge < -0.3 is 15.3 Å². The Morgan fingerprint density at radius 3 is 2.65 bits per heavy atom. The van der Waals surface area contributed by atoms with Crippen LogP contribution in [0.15, 0.2) is 24.3 Å². The summed E-state index contributed by atoms with van der Waals surface area (Å²) in [5.74, 6) is -0.934. The standard InChI is InChI=1S/C15H20N2O3/c1-2-4-11-6-8-12(9-7-11)16-15(20)17-10-3-5-13(17)14(18)19/h6-9,13H,2-5,10H2,1H3,(H,16,20)(H,18,19). The first-order valence-electron chi connectivity index (χ1n) is 7.01. The van der Waals surface area contributed by atoms with E-state index in [1.165, 1.54) is 10.5 Å². The molecule has 2 N–H and O–H groups in total. The molecule has 1 unspecified atom stereocenters. The number of likely N-dealkylation sites (tertiary alicyclic amines) is 1. The van der Waals surface area contributed by atoms with Crippen LogP contribution in [0.5, 0.6) is 0 Å². The van der Waals surface area contributed by atoms with Crippen molar-refractivity contribution in [2.75, 3.05) is 11.9 Å². The number of hydrogen-bond acceptors (Lipinski definition) is 2. The molecule has 1 aliphatic rings. The zero-order valence-corrected chi connectivity index (χ0v) is 11.6. The molecule has 0 bridgehead atoms. The first kappa shape index (κ1) is 14.4. The summed E-state index contributed by atoms with van der Waals surface area (Å²) in [4.78, 5) is 24.5. The molecule has 1 saturated heterocycles. The van der Waals surface area contributed by atoms with Crippen molar-refractivity contribution in [2.24, 2.45) is 0 Å². The summed E-state index contributed by atoms with van der Waals surface area (Å²) in [5.41, 5.74) is 1.93. The van der Waals surface area contributed by atoms with Crippen molar-refractivity contribution in [3.63, 3.8) is 0 Å². The van der Waals surface area contributed by atoms with E-state index in [0.717, 1.165) is 19.3 Å². The van der Waals surface area contributed by atoms with E-state index < -0.39 is 12.0 Å². The Morgan fingerprint density at radius 1 is 1.35 bits per heavy atom. The van der Waals surface area contributed by atoms with Crippen LogP contribution in [0, 0.1) is 0 Å². The first-order chi connectivity index (χ1) is 9.61. The van der Waals surface area contributed by atoms with Gasteiger partial charge >= 0.3 is 12.0 Å². The maximum Gasteiger partial charge on any atom is 0.326 e. The summed E-state index contributed by atoms with van der Waals surface area (Å²) in [6.07, 6.45) is 3.36. The molecule has 5 nitrogen and oxygen atoms in total. The highest BCUT2D eigenvalue weighted by atomic mass is 16.4. The molecule has 0 spiro atoms. The lowest BCUT2D eigenvalue weighted by Gasteiger charge is -2.21. The van der Waals surface area contributed by atoms with Gasteiger partial charge in [0.05, 0.1) is 0 Å². The fourth-order valence-corrected chi connectivity index (χ4v) is 2.51. The van der Waals surface area contributed by atoms with E-state index in [0.29, 0.717) is 18.7 Å². The molecule has 0 radical (unpaired) electrons. The van der Waals surface area contributed by atoms with Crippen LogP contribution in [0.1, 0.15) is 31.7 Å². The van der Waals surface area contributed by atoms with Crippen LogP contribution in [0.2, 0.25) is 0 Å². The molecule has 1 fully saturated rings. The highest BCUT2D eigenvalue weighted by Crippen LogP contribution is 2.19. The second-order valence-electron chi connectivity index (χ2n) is 5.07. The van der Waals surface area contributed by atoms with Gasteiger partial charge in [0.25, 0.3) is 0 Å². The summed E-state index contributed by atoms with van der Waals surface area (Å²) in [7, 11) is 0. The molecule has 0 saturated carbocycles. The van der Waals surface area contributed by atoms with Crippen LogP contribution in [-0.4, -0.2) is 34.6 Å². The van der Waals surface area contributed by atoms with Crippen molar-refractivity contribution < 1.29 is 14.7 Å². The highest BCUT2D eigenvalue weighted by molar-refractivity contribution is 5.92. The summed E-state index contributed by atoms with van der Waals surface area (Å²) in [5, 5.41) is 11.8. The van der Waals surface area contributed by atoms with E-state index >= 15 is 0 Å². The number of carboxylic acids is 1. The Kier molecular flexibility index (Phi) is 4.61. The summed E-state index contributed by atoms with van der Waals surface area (Å²) < 4.78 is 0. The molecular formula is C15H20N2O3. The maximum atomic E-state index is 12.1. The van der Waals surface area contributed by atoms with Gasteiger partial charge in [-0.3, -0.25) is 0 Å². The van der Waals surface area contributed by atoms with Crippen molar-refractivity contribution in [3.8, 4) is 0 Å². The number of amides is 2. The van der Waals surface area contributed by atoms with Crippen molar-refractivity contribution in [2.45, 2.75) is 38.6 Å². The molecule has 1 aromatic carbocycles. The number of carboxylic acid groups (broad SMARTS) is 1. The minimum absolute atomic E-state index is 0.335. The van der Waals surface area contributed by atoms with Gasteiger partial charge in [0, 0.05) is 12.2 Å². The summed E-state index contributed by atoms with van der Waals surface area (Å²) >= 11 is 0. The molecule has 1 aromatic rings. The van der Waals surface area contributed by atoms with Crippen LogP contribution in [0.4, 0.5) is 10.5 Å². The van der Waals surface area contributed by atoms with Gasteiger partial charge in [-0.15, -0.1) is 0 Å². The number of benzene rings is 1. The average molecular weight is 276 g/mol. The van der Waals surface area contributed by atoms with Crippen molar-refractivity contribution >= 4 is 17.7 Å². The number of hydrogen-bond donors (Lipinski definition) is 2. The minimum atomic E-state index is -0.934. The minimum Gasteiger partial charge on any atom is -0.480 e. The normalized spacial score (nSPS) is 18.1. The molecule has 0 aromatic heterocycles. The first-order valence-corrected chi connectivity index (χ1v) is 7.01. The molecule has 2 amide bonds. The lowest BCUT2D eigenvalue weighted by atomic mass is 10.1. The number of aryl methyl sites for hydroxylation is 1. The molecule has 0 aliphatic carbocycles. The Bertz CT molecular complexity index is 484. The molecule has 1 heterocycles. The Hall–Kier alpha value is -2.04. The van der Waals surface area contributed by atoms with Crippen molar-refractivity contribution in [1.29, 1.82) is 0 Å². The number of urea groups is 1. The van der Waals surface area contributed by atoms with Crippen molar-refractivity contribution in [1.82, 2.24) is 4.90 Å². The number of nitrogens with one attached hydrogen (secondary N) is 1. The molecular weight excluding hydrogens is 256 g/mol. The molecule has 5 heteroatoms. The lowest BCUT2D eigenvalue weighted by Crippen LogP contribution is -2.42. The SMILES string of the molecule is CCCc1ccc(NC(=O)N2CCCC2C(=O)O)cc1. The third-order valence-corrected chi connectivity index (χ3v) is 3.54. The van der Waals surface area contributed by atoms with Gasteiger partial charge in [-0.1, -0.05) is 25.5 Å². The third kappa shape index (κ3) is 3.29. The smallest absolute Gasteiger partial charge is 0.326 e. The van der Waals surface area contributed by atoms with Gasteiger partial charge in [0.15, 0.2) is 0 Å². The lowest BCUT2D eigenvalue weighted by molar-refractivity contribution is -0.141. The zero-order chi connectivity index (χ0) is 14.5. The third-order valence-electron chi connectivity index (χ3n) is 3.54. The Labute approximate surface area is 118 Å². The number of nitrogens with zero attached hydrogens (tertiary/aromatic N) is 1. The van der Waals surface area contributed by atoms with Gasteiger partial charge in [0.2, 0.25) is 0 Å². The number of aliphatic carboxylic acids is 1. The van der Waals surface area contributed by atoms with E-state index in [2.05, 4.69) is 12.2 Å². The average Bonchev–Trinajstić information content (AvgIpc) is 2.91. The van der Waals surface area contributed by atoms with E-state index in [1.54, 1.807) is 0 Å². The van der Waals surface area contributed by atoms with Crippen LogP contribution in [-0.2, 0) is 11.2 Å². The number of carbonyl (C=O) groups excluding carboxylic acids is 1. The van der Waals surface area contributed by atoms with E-state index in [1.807, 2.05) is 24.3 Å². The fraction of sp³-hybridized carbons (Fsp3) is 0.467. The van der Waals surface area contributed by atoms with Gasteiger partial charge in [-0.05, 0) is 37.0 Å². The van der Waals surface area contributed by atoms with E-state index in [-0.39, 0.29) is 6.03 Å². The Morgan fingerprint density at radius 2 is 2.05 bits per heavy atom. The Balaban J connectivity index is 1.98. The summed E-state index contributed by atoms with van der Waals surface area (Å²) in [6, 6.07) is 6.64. The number of carbonyl (C=O) groups is 2. The van der Waals surface area contributed by atoms with Gasteiger partial charge in [0.1, 0.15) is 6.04 Å². The molecule has 2 rings (SSSR count). The van der Waals surface area contributed by atoms with Crippen LogP contribution < -0.4 is 5.32 Å². The topological polar surface area (TPSA) is 69.6 Å². The fourth-order valence-electron chi connectivity index (χ4n) is 2.51. The largest absolute Gasteiger partial charge is 0.480 e. The zero-order valence-electron chi connectivity index (χ0n) is 11.6. The maximum absolute atomic E-state index is 12.1. The van der Waals surface area contributed by atoms with Crippen LogP contribution >= 0.6 is 0 Å². The number of rotatable bonds is 4. The van der Waals surface area contributed by atoms with Gasteiger partial charge in [-0.25, -0.2) is 9.59 Å². The quantitative estimate of drug-likeness (QED) is 0.888. The van der Waals surface area contributed by atoms with Crippen molar-refractivity contribution in [3.05, 3.63) is 29.8 Å². The molecule has 1 aliphatic heterocycles. The second-order valence-corrected chi connectivity index (χ2v) is 5.07. The summed E-state index contributed by atoms with van der Waals surface area (Å²) in [6.45, 7) is 2.62. The molecule has 1 atom stereocenters. The monoisotopic (exact) mass is 276 g/mol. The van der Waals surface area contributed by atoms with Gasteiger partial charge in [-0.2, -0.15) is 0 Å². The predicted molar refractivity (Wildman–Crippen MR) is 76.8 cm³/mol. The van der Waals surface area contributed by atoms with E-state index in [9.17, 15) is 9.59 Å². The predicted octanol–water partition coefficient (Wildman–Crippen LogP) is 2.72. The van der Waals surface area contributed by atoms with Crippen LogP contribution in [0.25, 0.3) is 0 Å². The van der Waals surface area contributed by atoms with E-state index in [4.69, 9.17) is 5.11 Å². The highest BCUT2D eigenvalue weighted by Gasteiger charge is 2.33. The second kappa shape index (κ2) is 6.41. The van der Waals surface area contributed by atoms with Crippen LogP contribution in [0.3, 0.4) is 0 Å². The molecule has 20 heavy (non-hydrogen) atoms.